The average molecular weight is 671 g/mol. The number of benzene rings is 2. The molecule has 0 spiro atoms. The van der Waals surface area contributed by atoms with E-state index in [1.165, 1.54) is 25.3 Å². The Bertz CT molecular complexity index is 1640. The Morgan fingerprint density at radius 2 is 1.38 bits per heavy atom. The van der Waals surface area contributed by atoms with E-state index in [9.17, 15) is 55.9 Å². The molecule has 0 radical (unpaired) electrons. The van der Waals surface area contributed by atoms with Crippen LogP contribution >= 0.6 is 0 Å². The summed E-state index contributed by atoms with van der Waals surface area (Å²) in [6.45, 7) is -1.42. The minimum absolute atomic E-state index is 0.0467. The number of rotatable bonds is 9. The highest BCUT2D eigenvalue weighted by Crippen LogP contribution is 2.44. The third-order valence-electron chi connectivity index (χ3n) is 7.87. The molecule has 0 bridgehead atoms. The van der Waals surface area contributed by atoms with Crippen molar-refractivity contribution < 1.29 is 83.9 Å². The molecular weight excluding hydrogens is 636 g/mol. The van der Waals surface area contributed by atoms with Gasteiger partial charge in [-0.2, -0.15) is 0 Å². The predicted octanol–water partition coefficient (Wildman–Crippen LogP) is -2.40. The molecule has 18 heteroatoms. The van der Waals surface area contributed by atoms with Crippen LogP contribution in [-0.2, 0) is 14.2 Å². The van der Waals surface area contributed by atoms with Crippen molar-refractivity contribution in [3.8, 4) is 45.8 Å². The summed E-state index contributed by atoms with van der Waals surface area (Å²) in [6.07, 6.45) is -17.5. The first-order valence-corrected chi connectivity index (χ1v) is 14.1. The van der Waals surface area contributed by atoms with Crippen LogP contribution < -0.4 is 19.6 Å². The molecule has 10 N–H and O–H groups in total. The first-order chi connectivity index (χ1) is 22.3. The highest BCUT2D eigenvalue weighted by Gasteiger charge is 2.48. The van der Waals surface area contributed by atoms with Crippen LogP contribution in [-0.4, -0.2) is 140 Å². The van der Waals surface area contributed by atoms with Gasteiger partial charge in [0.1, 0.15) is 59.8 Å². The standard InChI is InChI=1S/C29H34O18/c1-41-12-5-9(3-4-10(12)31)25-27(20(36)16-13(44-25)6-11(32)26(42-2)19(16)35)47-29-24(40)22(38)18(34)15(46-29)8-43-28-23(39)21(37)17(33)14(7-30)45-28/h3-6,14-15,17-18,21-24,28-35,37-40H,7-8H2,1-2H3/t14-,15-,17-,18+,21+,22+,23+,24-,28-,29+/m0/s1. The van der Waals surface area contributed by atoms with E-state index in [2.05, 4.69) is 0 Å². The molecule has 0 amide bonds. The lowest BCUT2D eigenvalue weighted by Gasteiger charge is -2.42. The van der Waals surface area contributed by atoms with Crippen LogP contribution in [0, 0.1) is 0 Å². The molecule has 5 rings (SSSR count). The van der Waals surface area contributed by atoms with Gasteiger partial charge in [0.2, 0.25) is 23.2 Å². The number of aromatic hydroxyl groups is 3. The monoisotopic (exact) mass is 670 g/mol. The number of methoxy groups -OCH3 is 2. The third kappa shape index (κ3) is 6.23. The minimum Gasteiger partial charge on any atom is -0.504 e. The Morgan fingerprint density at radius 3 is 2.02 bits per heavy atom. The second kappa shape index (κ2) is 13.6. The van der Waals surface area contributed by atoms with Crippen molar-refractivity contribution in [3.05, 3.63) is 34.5 Å². The third-order valence-corrected chi connectivity index (χ3v) is 7.87. The smallest absolute Gasteiger partial charge is 0.239 e. The highest BCUT2D eigenvalue weighted by molar-refractivity contribution is 5.91. The van der Waals surface area contributed by atoms with E-state index in [-0.39, 0.29) is 28.4 Å². The van der Waals surface area contributed by atoms with Gasteiger partial charge in [0, 0.05) is 11.6 Å². The number of aliphatic hydroxyl groups excluding tert-OH is 7. The minimum atomic E-state index is -2.01. The lowest BCUT2D eigenvalue weighted by molar-refractivity contribution is -0.323. The van der Waals surface area contributed by atoms with Crippen LogP contribution in [0.3, 0.4) is 0 Å². The van der Waals surface area contributed by atoms with E-state index in [4.69, 9.17) is 32.8 Å². The summed E-state index contributed by atoms with van der Waals surface area (Å²) < 4.78 is 38.1. The molecule has 0 aliphatic carbocycles. The molecule has 3 heterocycles. The quantitative estimate of drug-likeness (QED) is 0.113. The number of hydrogen-bond donors (Lipinski definition) is 10. The Hall–Kier alpha value is -3.95. The molecule has 47 heavy (non-hydrogen) atoms. The highest BCUT2D eigenvalue weighted by atomic mass is 16.7. The fourth-order valence-electron chi connectivity index (χ4n) is 5.27. The van der Waals surface area contributed by atoms with Crippen LogP contribution in [0.2, 0.25) is 0 Å². The van der Waals surface area contributed by atoms with Gasteiger partial charge in [0.25, 0.3) is 0 Å². The summed E-state index contributed by atoms with van der Waals surface area (Å²) in [4.78, 5) is 13.9. The van der Waals surface area contributed by atoms with Crippen molar-refractivity contribution in [2.45, 2.75) is 61.4 Å². The van der Waals surface area contributed by atoms with Gasteiger partial charge in [0.05, 0.1) is 27.4 Å². The molecule has 258 valence electrons. The van der Waals surface area contributed by atoms with Gasteiger partial charge < -0.3 is 83.9 Å². The molecule has 10 atom stereocenters. The maximum Gasteiger partial charge on any atom is 0.239 e. The number of phenols is 3. The molecule has 3 aromatic rings. The van der Waals surface area contributed by atoms with Crippen molar-refractivity contribution in [1.82, 2.24) is 0 Å². The van der Waals surface area contributed by atoms with Gasteiger partial charge >= 0.3 is 0 Å². The fourth-order valence-corrected chi connectivity index (χ4v) is 5.27. The Kier molecular flexibility index (Phi) is 9.99. The molecule has 0 saturated carbocycles. The maximum atomic E-state index is 13.9. The second-order valence-corrected chi connectivity index (χ2v) is 10.8. The van der Waals surface area contributed by atoms with Gasteiger partial charge in [-0.25, -0.2) is 0 Å². The molecule has 2 aromatic carbocycles. The largest absolute Gasteiger partial charge is 0.504 e. The van der Waals surface area contributed by atoms with Crippen molar-refractivity contribution >= 4 is 11.0 Å². The zero-order valence-electron chi connectivity index (χ0n) is 24.7. The average Bonchev–Trinajstić information content (AvgIpc) is 3.05. The van der Waals surface area contributed by atoms with Gasteiger partial charge in [0.15, 0.2) is 35.0 Å². The van der Waals surface area contributed by atoms with Crippen molar-refractivity contribution in [3.63, 3.8) is 0 Å². The van der Waals surface area contributed by atoms with Crippen LogP contribution in [0.15, 0.2) is 33.5 Å². The lowest BCUT2D eigenvalue weighted by atomic mass is 9.98. The summed E-state index contributed by atoms with van der Waals surface area (Å²) in [6, 6.07) is 4.79. The predicted molar refractivity (Wildman–Crippen MR) is 153 cm³/mol. The van der Waals surface area contributed by atoms with E-state index < -0.39 is 108 Å². The molecule has 2 saturated heterocycles. The number of aliphatic hydroxyl groups is 7. The SMILES string of the molecule is COc1cc(-c2oc3cc(O)c(OC)c(O)c3c(=O)c2O[C@H]2O[C@@H](CO[C@H]3O[C@@H](CO)[C@H](O)[C@@H](O)[C@H]3O)[C@@H](O)[C@@H](O)[C@@H]2O)ccc1O. The summed E-state index contributed by atoms with van der Waals surface area (Å²) in [7, 11) is 2.39. The van der Waals surface area contributed by atoms with E-state index >= 15 is 0 Å². The summed E-state index contributed by atoms with van der Waals surface area (Å²) >= 11 is 0. The molecule has 2 aliphatic rings. The molecule has 2 fully saturated rings. The first kappa shape index (κ1) is 34.4. The van der Waals surface area contributed by atoms with Gasteiger partial charge in [-0.15, -0.1) is 0 Å². The van der Waals surface area contributed by atoms with Gasteiger partial charge in [-0.3, -0.25) is 4.79 Å². The summed E-state index contributed by atoms with van der Waals surface area (Å²) in [5, 5.41) is 102. The van der Waals surface area contributed by atoms with E-state index in [1.807, 2.05) is 0 Å². The number of hydrogen-bond acceptors (Lipinski definition) is 18. The Morgan fingerprint density at radius 1 is 0.745 bits per heavy atom. The van der Waals surface area contributed by atoms with E-state index in [0.717, 1.165) is 13.2 Å². The number of ether oxygens (including phenoxy) is 6. The molecule has 2 aliphatic heterocycles. The zero-order chi connectivity index (χ0) is 34.3. The van der Waals surface area contributed by atoms with Crippen molar-refractivity contribution in [2.24, 2.45) is 0 Å². The van der Waals surface area contributed by atoms with E-state index in [0.29, 0.717) is 0 Å². The molecular formula is C29H34O18. The lowest BCUT2D eigenvalue weighted by Crippen LogP contribution is -2.62. The Balaban J connectivity index is 1.52. The molecule has 18 nitrogen and oxygen atoms in total. The zero-order valence-corrected chi connectivity index (χ0v) is 24.7. The van der Waals surface area contributed by atoms with E-state index in [1.54, 1.807) is 0 Å². The second-order valence-electron chi connectivity index (χ2n) is 10.8. The van der Waals surface area contributed by atoms with Crippen LogP contribution in [0.1, 0.15) is 0 Å². The van der Waals surface area contributed by atoms with Gasteiger partial charge in [-0.1, -0.05) is 0 Å². The van der Waals surface area contributed by atoms with Crippen molar-refractivity contribution in [1.29, 1.82) is 0 Å². The topological polar surface area (TPSA) is 288 Å². The van der Waals surface area contributed by atoms with Gasteiger partial charge in [-0.05, 0) is 18.2 Å². The fraction of sp³-hybridized carbons (Fsp3) is 0.483. The maximum absolute atomic E-state index is 13.9. The number of phenolic OH excluding ortho intramolecular Hbond substituents is 3. The van der Waals surface area contributed by atoms with Crippen molar-refractivity contribution in [2.75, 3.05) is 27.4 Å². The molecule has 1 aromatic heterocycles. The van der Waals surface area contributed by atoms with Crippen LogP contribution in [0.5, 0.6) is 34.5 Å². The first-order valence-electron chi connectivity index (χ1n) is 14.1. The normalized spacial score (nSPS) is 31.1. The van der Waals surface area contributed by atoms with Crippen LogP contribution in [0.4, 0.5) is 0 Å². The number of fused-ring (bicyclic) bond motifs is 1. The van der Waals surface area contributed by atoms with Crippen LogP contribution in [0.25, 0.3) is 22.3 Å². The molecule has 0 unspecified atom stereocenters. The summed E-state index contributed by atoms with van der Waals surface area (Å²) in [5.41, 5.74) is -1.32. The Labute approximate surface area is 264 Å². The summed E-state index contributed by atoms with van der Waals surface area (Å²) in [5.74, 6) is -3.24.